The number of carbonyl (C=O) groups is 2. The molecule has 260 valence electrons. The number of allylic oxidation sites excluding steroid dienone is 2. The van der Waals surface area contributed by atoms with Gasteiger partial charge in [0.25, 0.3) is 0 Å². The van der Waals surface area contributed by atoms with Crippen molar-refractivity contribution >= 4 is 11.9 Å². The lowest BCUT2D eigenvalue weighted by atomic mass is 10.1. The Morgan fingerprint density at radius 1 is 0.455 bits per heavy atom. The molecule has 0 rings (SSSR count). The van der Waals surface area contributed by atoms with Crippen molar-refractivity contribution in [2.24, 2.45) is 0 Å². The van der Waals surface area contributed by atoms with E-state index in [2.05, 4.69) is 26.0 Å². The first-order valence-corrected chi connectivity index (χ1v) is 19.2. The van der Waals surface area contributed by atoms with Crippen LogP contribution in [0, 0.1) is 0 Å². The number of esters is 2. The molecule has 44 heavy (non-hydrogen) atoms. The maximum absolute atomic E-state index is 11.9. The van der Waals surface area contributed by atoms with E-state index in [1.165, 1.54) is 148 Å². The predicted molar refractivity (Wildman–Crippen MR) is 187 cm³/mol. The molecule has 0 heterocycles. The minimum atomic E-state index is -0.957. The first kappa shape index (κ1) is 42.6. The van der Waals surface area contributed by atoms with Gasteiger partial charge in [-0.1, -0.05) is 167 Å². The summed E-state index contributed by atoms with van der Waals surface area (Å²) in [6, 6.07) is 0. The Morgan fingerprint density at radius 3 is 1.05 bits per heavy atom. The molecule has 0 aliphatic carbocycles. The van der Waals surface area contributed by atoms with Crippen molar-refractivity contribution < 1.29 is 24.2 Å². The first-order valence-electron chi connectivity index (χ1n) is 19.2. The van der Waals surface area contributed by atoms with E-state index in [4.69, 9.17) is 9.47 Å². The average molecular weight is 623 g/mol. The molecule has 0 aromatic carbocycles. The van der Waals surface area contributed by atoms with E-state index in [1.807, 2.05) is 0 Å². The predicted octanol–water partition coefficient (Wildman–Crippen LogP) is 11.7. The van der Waals surface area contributed by atoms with Gasteiger partial charge in [-0.25, -0.2) is 0 Å². The zero-order chi connectivity index (χ0) is 32.2. The summed E-state index contributed by atoms with van der Waals surface area (Å²) in [5.41, 5.74) is 0. The highest BCUT2D eigenvalue weighted by atomic mass is 16.6. The highest BCUT2D eigenvalue weighted by Crippen LogP contribution is 2.14. The van der Waals surface area contributed by atoms with E-state index >= 15 is 0 Å². The molecule has 0 aliphatic heterocycles. The summed E-state index contributed by atoms with van der Waals surface area (Å²) in [4.78, 5) is 23.8. The molecule has 0 amide bonds. The second-order valence-electron chi connectivity index (χ2n) is 13.1. The van der Waals surface area contributed by atoms with E-state index in [9.17, 15) is 14.7 Å². The second kappa shape index (κ2) is 36.1. The molecule has 0 aliphatic rings. The molecule has 0 aromatic heterocycles. The summed E-state index contributed by atoms with van der Waals surface area (Å²) in [6.45, 7) is 4.30. The molecule has 0 unspecified atom stereocenters. The summed E-state index contributed by atoms with van der Waals surface area (Å²) >= 11 is 0. The van der Waals surface area contributed by atoms with Gasteiger partial charge in [-0.3, -0.25) is 9.59 Å². The largest absolute Gasteiger partial charge is 0.463 e. The molecule has 0 radical (unpaired) electrons. The van der Waals surface area contributed by atoms with E-state index in [-0.39, 0.29) is 25.2 Å². The molecule has 5 heteroatoms. The molecule has 0 aromatic rings. The molecular formula is C39H74O5. The Labute approximate surface area is 273 Å². The monoisotopic (exact) mass is 623 g/mol. The van der Waals surface area contributed by atoms with Crippen molar-refractivity contribution in [3.63, 3.8) is 0 Å². The van der Waals surface area contributed by atoms with Gasteiger partial charge in [-0.2, -0.15) is 0 Å². The van der Waals surface area contributed by atoms with Crippen LogP contribution >= 0.6 is 0 Å². The van der Waals surface area contributed by atoms with Gasteiger partial charge in [-0.05, 0) is 38.5 Å². The van der Waals surface area contributed by atoms with Crippen LogP contribution in [-0.4, -0.2) is 36.4 Å². The Hall–Kier alpha value is -1.36. The van der Waals surface area contributed by atoms with E-state index in [1.54, 1.807) is 0 Å². The first-order chi connectivity index (χ1) is 21.6. The summed E-state index contributed by atoms with van der Waals surface area (Å²) in [5, 5.41) is 9.98. The van der Waals surface area contributed by atoms with E-state index < -0.39 is 6.10 Å². The van der Waals surface area contributed by atoms with Gasteiger partial charge in [0.05, 0.1) is 0 Å². The fraction of sp³-hybridized carbons (Fsp3) is 0.897. The smallest absolute Gasteiger partial charge is 0.305 e. The molecule has 1 N–H and O–H groups in total. The van der Waals surface area contributed by atoms with Gasteiger partial charge >= 0.3 is 11.9 Å². The standard InChI is InChI=1S/C39H74O5/c1-3-5-7-9-11-13-15-16-17-18-19-20-21-22-24-26-28-30-32-34-39(42)44-36-37(40)35-43-38(41)33-31-29-27-25-23-14-12-10-8-6-4-2/h16-17,37,40H,3-15,18-36H2,1-2H3/b17-16-/t37-/m1/s1. The van der Waals surface area contributed by atoms with E-state index in [0.717, 1.165) is 32.1 Å². The third-order valence-electron chi connectivity index (χ3n) is 8.50. The van der Waals surface area contributed by atoms with Crippen LogP contribution < -0.4 is 0 Å². The van der Waals surface area contributed by atoms with Gasteiger partial charge in [-0.15, -0.1) is 0 Å². The van der Waals surface area contributed by atoms with Crippen LogP contribution in [0.3, 0.4) is 0 Å². The van der Waals surface area contributed by atoms with Crippen LogP contribution in [0.5, 0.6) is 0 Å². The lowest BCUT2D eigenvalue weighted by Crippen LogP contribution is -2.25. The average Bonchev–Trinajstić information content (AvgIpc) is 3.02. The summed E-state index contributed by atoms with van der Waals surface area (Å²) in [6.07, 6.45) is 39.8. The van der Waals surface area contributed by atoms with Gasteiger partial charge in [0.2, 0.25) is 0 Å². The zero-order valence-electron chi connectivity index (χ0n) is 29.4. The minimum absolute atomic E-state index is 0.111. The molecular weight excluding hydrogens is 548 g/mol. The van der Waals surface area contributed by atoms with Crippen LogP contribution in [0.15, 0.2) is 12.2 Å². The number of hydrogen-bond acceptors (Lipinski definition) is 5. The molecule has 1 atom stereocenters. The van der Waals surface area contributed by atoms with Crippen LogP contribution in [0.4, 0.5) is 0 Å². The van der Waals surface area contributed by atoms with Crippen molar-refractivity contribution in [1.29, 1.82) is 0 Å². The van der Waals surface area contributed by atoms with Crippen LogP contribution in [0.25, 0.3) is 0 Å². The lowest BCUT2D eigenvalue weighted by Gasteiger charge is -2.12. The molecule has 0 fully saturated rings. The van der Waals surface area contributed by atoms with Crippen molar-refractivity contribution in [3.05, 3.63) is 12.2 Å². The van der Waals surface area contributed by atoms with Crippen LogP contribution in [0.1, 0.15) is 206 Å². The van der Waals surface area contributed by atoms with Gasteiger partial charge < -0.3 is 14.6 Å². The van der Waals surface area contributed by atoms with Gasteiger partial charge in [0.1, 0.15) is 19.3 Å². The normalized spacial score (nSPS) is 12.2. The van der Waals surface area contributed by atoms with Crippen LogP contribution in [0.2, 0.25) is 0 Å². The highest BCUT2D eigenvalue weighted by molar-refractivity contribution is 5.69. The Morgan fingerprint density at radius 2 is 0.727 bits per heavy atom. The SMILES string of the molecule is CCCCCCCC/C=C\CCCCCCCCCCCC(=O)OC[C@H](O)COC(=O)CCCCCCCCCCCCC. The quantitative estimate of drug-likeness (QED) is 0.0432. The molecule has 0 saturated heterocycles. The van der Waals surface area contributed by atoms with Gasteiger partial charge in [0, 0.05) is 12.8 Å². The van der Waals surface area contributed by atoms with E-state index in [0.29, 0.717) is 12.8 Å². The van der Waals surface area contributed by atoms with Crippen molar-refractivity contribution in [1.82, 2.24) is 0 Å². The molecule has 0 saturated carbocycles. The fourth-order valence-corrected chi connectivity index (χ4v) is 5.55. The van der Waals surface area contributed by atoms with Crippen LogP contribution in [-0.2, 0) is 19.1 Å². The maximum Gasteiger partial charge on any atom is 0.305 e. The Bertz CT molecular complexity index is 632. The summed E-state index contributed by atoms with van der Waals surface area (Å²) in [7, 11) is 0. The molecule has 0 bridgehead atoms. The number of aliphatic hydroxyl groups is 1. The minimum Gasteiger partial charge on any atom is -0.463 e. The summed E-state index contributed by atoms with van der Waals surface area (Å²) in [5.74, 6) is -0.560. The number of unbranched alkanes of at least 4 members (excludes halogenated alkanes) is 25. The third-order valence-corrected chi connectivity index (χ3v) is 8.50. The topological polar surface area (TPSA) is 72.8 Å². The van der Waals surface area contributed by atoms with Crippen molar-refractivity contribution in [3.8, 4) is 0 Å². The highest BCUT2D eigenvalue weighted by Gasteiger charge is 2.12. The van der Waals surface area contributed by atoms with Gasteiger partial charge in [0.15, 0.2) is 0 Å². The Balaban J connectivity index is 3.39. The van der Waals surface area contributed by atoms with Crippen molar-refractivity contribution in [2.45, 2.75) is 213 Å². The summed E-state index contributed by atoms with van der Waals surface area (Å²) < 4.78 is 10.3. The number of hydrogen-bond donors (Lipinski definition) is 1. The third kappa shape index (κ3) is 35.1. The lowest BCUT2D eigenvalue weighted by molar-refractivity contribution is -0.152. The number of carbonyl (C=O) groups excluding carboxylic acids is 2. The fourth-order valence-electron chi connectivity index (χ4n) is 5.55. The molecule has 0 spiro atoms. The Kier molecular flexibility index (Phi) is 35.0. The molecule has 5 nitrogen and oxygen atoms in total. The number of rotatable bonds is 35. The number of ether oxygens (including phenoxy) is 2. The second-order valence-corrected chi connectivity index (χ2v) is 13.1. The van der Waals surface area contributed by atoms with Crippen molar-refractivity contribution in [2.75, 3.05) is 13.2 Å². The maximum atomic E-state index is 11.9. The number of aliphatic hydroxyl groups excluding tert-OH is 1. The zero-order valence-corrected chi connectivity index (χ0v) is 29.4.